The monoisotopic (exact) mass is 321 g/mol. The van der Waals surface area contributed by atoms with E-state index in [1.807, 2.05) is 20.8 Å². The molecular formula is C18H24FNO3. The van der Waals surface area contributed by atoms with Gasteiger partial charge in [0.15, 0.2) is 0 Å². The third kappa shape index (κ3) is 4.78. The van der Waals surface area contributed by atoms with E-state index in [0.29, 0.717) is 18.7 Å². The molecule has 1 fully saturated rings. The second-order valence-corrected chi connectivity index (χ2v) is 7.05. The van der Waals surface area contributed by atoms with E-state index in [9.17, 15) is 14.0 Å². The highest BCUT2D eigenvalue weighted by Crippen LogP contribution is 2.31. The van der Waals surface area contributed by atoms with Gasteiger partial charge in [0.25, 0.3) is 0 Å². The molecule has 0 aliphatic carbocycles. The Bertz CT molecular complexity index is 568. The number of hydrogen-bond donors (Lipinski definition) is 0. The summed E-state index contributed by atoms with van der Waals surface area (Å²) in [4.78, 5) is 25.4. The number of hydrogen-bond acceptors (Lipinski definition) is 3. The van der Waals surface area contributed by atoms with Crippen molar-refractivity contribution in [2.24, 2.45) is 5.92 Å². The van der Waals surface area contributed by atoms with Crippen molar-refractivity contribution in [3.05, 3.63) is 35.6 Å². The number of halogens is 1. The second-order valence-electron chi connectivity index (χ2n) is 7.05. The maximum absolute atomic E-state index is 13.4. The van der Waals surface area contributed by atoms with Crippen LogP contribution in [0.5, 0.6) is 0 Å². The highest BCUT2D eigenvalue weighted by atomic mass is 19.1. The fraction of sp³-hybridized carbons (Fsp3) is 0.556. The average Bonchev–Trinajstić information content (AvgIpc) is 2.47. The van der Waals surface area contributed by atoms with Crippen molar-refractivity contribution in [1.29, 1.82) is 0 Å². The van der Waals surface area contributed by atoms with Crippen LogP contribution in [-0.2, 0) is 9.53 Å². The molecule has 0 spiro atoms. The van der Waals surface area contributed by atoms with Gasteiger partial charge in [-0.1, -0.05) is 12.1 Å². The standard InChI is InChI=1S/C18H24FNO3/c1-18(2,3)23-17(22)20-9-5-7-14(11-20)16(12-21)13-6-4-8-15(19)10-13/h4,6,8,10,12,14,16H,5,7,9,11H2,1-3H3. The molecule has 5 heteroatoms. The lowest BCUT2D eigenvalue weighted by molar-refractivity contribution is -0.110. The van der Waals surface area contributed by atoms with Crippen molar-refractivity contribution in [2.45, 2.75) is 45.1 Å². The number of amides is 1. The summed E-state index contributed by atoms with van der Waals surface area (Å²) in [6.45, 7) is 6.56. The Kier molecular flexibility index (Phi) is 5.39. The molecule has 1 aromatic carbocycles. The van der Waals surface area contributed by atoms with Gasteiger partial charge in [-0.05, 0) is 57.2 Å². The van der Waals surface area contributed by atoms with Crippen LogP contribution in [0.1, 0.15) is 45.1 Å². The molecule has 1 aromatic rings. The van der Waals surface area contributed by atoms with Crippen molar-refractivity contribution in [1.82, 2.24) is 4.90 Å². The van der Waals surface area contributed by atoms with Crippen molar-refractivity contribution in [2.75, 3.05) is 13.1 Å². The number of piperidine rings is 1. The van der Waals surface area contributed by atoms with Gasteiger partial charge in [-0.25, -0.2) is 9.18 Å². The van der Waals surface area contributed by atoms with Gasteiger partial charge >= 0.3 is 6.09 Å². The molecule has 0 N–H and O–H groups in total. The Labute approximate surface area is 136 Å². The maximum atomic E-state index is 13.4. The molecule has 1 aliphatic heterocycles. The number of carbonyl (C=O) groups excluding carboxylic acids is 2. The number of nitrogens with zero attached hydrogens (tertiary/aromatic N) is 1. The Hall–Kier alpha value is -1.91. The van der Waals surface area contributed by atoms with Crippen LogP contribution in [0.4, 0.5) is 9.18 Å². The molecule has 4 nitrogen and oxygen atoms in total. The molecular weight excluding hydrogens is 297 g/mol. The summed E-state index contributed by atoms with van der Waals surface area (Å²) in [7, 11) is 0. The predicted octanol–water partition coefficient (Wildman–Crippen LogP) is 3.76. The van der Waals surface area contributed by atoms with Crippen LogP contribution >= 0.6 is 0 Å². The highest BCUT2D eigenvalue weighted by Gasteiger charge is 2.32. The van der Waals surface area contributed by atoms with Gasteiger partial charge in [0.2, 0.25) is 0 Å². The summed E-state index contributed by atoms with van der Waals surface area (Å²) in [6.07, 6.45) is 2.15. The first-order valence-corrected chi connectivity index (χ1v) is 7.99. The Morgan fingerprint density at radius 3 is 2.78 bits per heavy atom. The maximum Gasteiger partial charge on any atom is 0.410 e. The molecule has 2 rings (SSSR count). The number of ether oxygens (including phenoxy) is 1. The summed E-state index contributed by atoms with van der Waals surface area (Å²) >= 11 is 0. The molecule has 0 radical (unpaired) electrons. The largest absolute Gasteiger partial charge is 0.444 e. The molecule has 0 bridgehead atoms. The highest BCUT2D eigenvalue weighted by molar-refractivity contribution is 5.69. The summed E-state index contributed by atoms with van der Waals surface area (Å²) in [5.74, 6) is -0.777. The van der Waals surface area contributed by atoms with E-state index in [0.717, 1.165) is 19.1 Å². The zero-order chi connectivity index (χ0) is 17.0. The minimum atomic E-state index is -0.545. The van der Waals surface area contributed by atoms with Crippen molar-refractivity contribution < 1.29 is 18.7 Å². The fourth-order valence-corrected chi connectivity index (χ4v) is 2.97. The summed E-state index contributed by atoms with van der Waals surface area (Å²) in [5.41, 5.74) is 0.118. The quantitative estimate of drug-likeness (QED) is 0.797. The summed E-state index contributed by atoms with van der Waals surface area (Å²) in [5, 5.41) is 0. The lowest BCUT2D eigenvalue weighted by Crippen LogP contribution is -2.44. The van der Waals surface area contributed by atoms with Crippen molar-refractivity contribution >= 4 is 12.4 Å². The van der Waals surface area contributed by atoms with Crippen LogP contribution < -0.4 is 0 Å². The minimum Gasteiger partial charge on any atom is -0.444 e. The van der Waals surface area contributed by atoms with E-state index >= 15 is 0 Å². The average molecular weight is 321 g/mol. The van der Waals surface area contributed by atoms with Gasteiger partial charge < -0.3 is 14.4 Å². The van der Waals surface area contributed by atoms with Gasteiger partial charge in [-0.3, -0.25) is 0 Å². The predicted molar refractivity (Wildman–Crippen MR) is 85.7 cm³/mol. The molecule has 2 atom stereocenters. The van der Waals surface area contributed by atoms with Gasteiger partial charge in [0, 0.05) is 19.0 Å². The Morgan fingerprint density at radius 1 is 1.43 bits per heavy atom. The molecule has 1 saturated heterocycles. The number of rotatable bonds is 3. The zero-order valence-corrected chi connectivity index (χ0v) is 13.9. The SMILES string of the molecule is CC(C)(C)OC(=O)N1CCCC(C(C=O)c2cccc(F)c2)C1. The summed E-state index contributed by atoms with van der Waals surface area (Å²) < 4.78 is 18.8. The van der Waals surface area contributed by atoms with Crippen LogP contribution in [0, 0.1) is 11.7 Å². The number of carbonyl (C=O) groups is 2. The number of likely N-dealkylation sites (tertiary alicyclic amines) is 1. The first-order valence-electron chi connectivity index (χ1n) is 7.99. The van der Waals surface area contributed by atoms with Crippen LogP contribution in [0.15, 0.2) is 24.3 Å². The lowest BCUT2D eigenvalue weighted by Gasteiger charge is -2.36. The van der Waals surface area contributed by atoms with Crippen molar-refractivity contribution in [3.8, 4) is 0 Å². The van der Waals surface area contributed by atoms with Crippen LogP contribution in [0.3, 0.4) is 0 Å². The molecule has 126 valence electrons. The Morgan fingerprint density at radius 2 is 2.17 bits per heavy atom. The molecule has 1 aliphatic rings. The van der Waals surface area contributed by atoms with Gasteiger partial charge in [0.1, 0.15) is 17.7 Å². The second kappa shape index (κ2) is 7.11. The lowest BCUT2D eigenvalue weighted by atomic mass is 9.82. The molecule has 1 amide bonds. The smallest absolute Gasteiger partial charge is 0.410 e. The fourth-order valence-electron chi connectivity index (χ4n) is 2.97. The van der Waals surface area contributed by atoms with Crippen LogP contribution in [0.2, 0.25) is 0 Å². The number of aldehydes is 1. The first-order chi connectivity index (χ1) is 10.8. The molecule has 1 heterocycles. The molecule has 23 heavy (non-hydrogen) atoms. The molecule has 2 unspecified atom stereocenters. The van der Waals surface area contributed by atoms with Gasteiger partial charge in [-0.2, -0.15) is 0 Å². The normalized spacial score (nSPS) is 20.0. The van der Waals surface area contributed by atoms with Crippen LogP contribution in [-0.4, -0.2) is 36.0 Å². The summed E-state index contributed by atoms with van der Waals surface area (Å²) in [6, 6.07) is 6.12. The van der Waals surface area contributed by atoms with Gasteiger partial charge in [-0.15, -0.1) is 0 Å². The van der Waals surface area contributed by atoms with E-state index in [2.05, 4.69) is 0 Å². The van der Waals surface area contributed by atoms with Crippen LogP contribution in [0.25, 0.3) is 0 Å². The van der Waals surface area contributed by atoms with Crippen molar-refractivity contribution in [3.63, 3.8) is 0 Å². The van der Waals surface area contributed by atoms with E-state index in [1.165, 1.54) is 12.1 Å². The van der Waals surface area contributed by atoms with E-state index in [4.69, 9.17) is 4.74 Å². The third-order valence-corrected chi connectivity index (χ3v) is 4.00. The molecule has 0 saturated carbocycles. The first kappa shape index (κ1) is 17.4. The van der Waals surface area contributed by atoms with E-state index < -0.39 is 11.5 Å². The third-order valence-electron chi connectivity index (χ3n) is 4.00. The van der Waals surface area contributed by atoms with E-state index in [1.54, 1.807) is 17.0 Å². The number of benzene rings is 1. The topological polar surface area (TPSA) is 46.6 Å². The van der Waals surface area contributed by atoms with Gasteiger partial charge in [0.05, 0.1) is 0 Å². The minimum absolute atomic E-state index is 0.0180. The zero-order valence-electron chi connectivity index (χ0n) is 13.9. The molecule has 0 aromatic heterocycles. The Balaban J connectivity index is 2.10. The van der Waals surface area contributed by atoms with E-state index in [-0.39, 0.29) is 17.8 Å².